The summed E-state index contributed by atoms with van der Waals surface area (Å²) in [6.45, 7) is 8.39. The number of halogens is 4. The first-order valence-electron chi connectivity index (χ1n) is 12.2. The number of carbonyl (C=O) groups excluding carboxylic acids is 1. The van der Waals surface area contributed by atoms with Gasteiger partial charge in [-0.05, 0) is 54.1 Å². The molecule has 4 heterocycles. The minimum absolute atomic E-state index is 0.0444. The maximum absolute atomic E-state index is 14.2. The van der Waals surface area contributed by atoms with Gasteiger partial charge in [0.15, 0.2) is 0 Å². The number of amides is 1. The van der Waals surface area contributed by atoms with E-state index in [4.69, 9.17) is 0 Å². The maximum atomic E-state index is 14.2. The van der Waals surface area contributed by atoms with Crippen LogP contribution in [0.2, 0.25) is 0 Å². The topological polar surface area (TPSA) is 72.3 Å². The zero-order chi connectivity index (χ0) is 27.4. The Kier molecular flexibility index (Phi) is 7.25. The summed E-state index contributed by atoms with van der Waals surface area (Å²) in [5.74, 6) is 0.445. The van der Waals surface area contributed by atoms with Crippen LogP contribution in [0.1, 0.15) is 36.6 Å². The van der Waals surface area contributed by atoms with Gasteiger partial charge in [-0.3, -0.25) is 9.78 Å². The number of pyridine rings is 1. The number of carbonyl (C=O) groups is 1. The van der Waals surface area contributed by atoms with Gasteiger partial charge in [0.05, 0.1) is 11.3 Å². The van der Waals surface area contributed by atoms with Gasteiger partial charge in [0.2, 0.25) is 12.3 Å². The van der Waals surface area contributed by atoms with Gasteiger partial charge < -0.3 is 19.8 Å². The first-order valence-corrected chi connectivity index (χ1v) is 14.0. The largest absolute Gasteiger partial charge is 0.417 e. The predicted octanol–water partition coefficient (Wildman–Crippen LogP) is 4.70. The Bertz CT molecular complexity index is 1280. The summed E-state index contributed by atoms with van der Waals surface area (Å²) in [7, 11) is 0. The molecule has 0 bridgehead atoms. The maximum Gasteiger partial charge on any atom is 0.417 e. The highest BCUT2D eigenvalue weighted by Crippen LogP contribution is 2.51. The number of piperazine rings is 1. The highest BCUT2D eigenvalue weighted by atomic mass is 79.9. The van der Waals surface area contributed by atoms with Crippen LogP contribution in [0.5, 0.6) is 0 Å². The van der Waals surface area contributed by atoms with Crippen molar-refractivity contribution in [1.82, 2.24) is 14.8 Å². The number of hydrogen-bond donors (Lipinski definition) is 1. The Morgan fingerprint density at radius 1 is 1.24 bits per heavy atom. The molecule has 1 amide bonds. The third-order valence-corrected chi connectivity index (χ3v) is 9.49. The average molecular weight is 611 g/mol. The second-order valence-electron chi connectivity index (χ2n) is 9.73. The van der Waals surface area contributed by atoms with E-state index in [1.807, 2.05) is 36.9 Å². The number of aliphatic hydroxyl groups excluding tert-OH is 1. The Morgan fingerprint density at radius 2 is 1.95 bits per heavy atom. The predicted molar refractivity (Wildman–Crippen MR) is 144 cm³/mol. The van der Waals surface area contributed by atoms with Gasteiger partial charge in [0.1, 0.15) is 5.84 Å². The Hall–Kier alpha value is -2.57. The van der Waals surface area contributed by atoms with Crippen molar-refractivity contribution >= 4 is 45.1 Å². The van der Waals surface area contributed by atoms with Gasteiger partial charge in [-0.25, -0.2) is 4.99 Å². The molecule has 0 aliphatic carbocycles. The van der Waals surface area contributed by atoms with E-state index < -0.39 is 18.1 Å². The molecule has 7 nitrogen and oxygen atoms in total. The van der Waals surface area contributed by atoms with Gasteiger partial charge >= 0.3 is 6.18 Å². The van der Waals surface area contributed by atoms with Crippen molar-refractivity contribution in [3.05, 3.63) is 64.4 Å². The van der Waals surface area contributed by atoms with E-state index >= 15 is 0 Å². The number of alkyl halides is 3. The number of anilines is 1. The molecule has 1 aromatic carbocycles. The van der Waals surface area contributed by atoms with Crippen LogP contribution in [0.25, 0.3) is 0 Å². The zero-order valence-electron chi connectivity index (χ0n) is 20.8. The molecule has 3 aliphatic rings. The molecule has 1 N–H and O–H groups in total. The van der Waals surface area contributed by atoms with Crippen LogP contribution >= 0.6 is 27.7 Å². The van der Waals surface area contributed by atoms with Crippen molar-refractivity contribution in [2.24, 2.45) is 4.99 Å². The number of thioether (sulfide) groups is 1. The number of rotatable bonds is 2. The molecule has 0 radical (unpaired) electrons. The van der Waals surface area contributed by atoms with Crippen molar-refractivity contribution in [2.75, 3.05) is 30.3 Å². The number of benzene rings is 1. The van der Waals surface area contributed by atoms with Gasteiger partial charge in [-0.15, -0.1) is 11.8 Å². The second-order valence-corrected chi connectivity index (χ2v) is 11.6. The number of aliphatic imine (C=N–C) groups is 1. The molecule has 3 aliphatic heterocycles. The van der Waals surface area contributed by atoms with Gasteiger partial charge in [-0.1, -0.05) is 12.6 Å². The summed E-state index contributed by atoms with van der Waals surface area (Å²) in [4.78, 5) is 27.1. The molecule has 202 valence electrons. The normalized spacial score (nSPS) is 25.4. The molecule has 4 atom stereocenters. The van der Waals surface area contributed by atoms with Gasteiger partial charge in [0.25, 0.3) is 0 Å². The first-order chi connectivity index (χ1) is 18.0. The SMILES string of the molecule is C=CC(=O)N1[C@H](C)CN(C2=NC(O)N3C[C@H](c4ccccn4)CSc4c(Br)c(C(F)(F)F)cc2c43)C[C@@H]1C. The minimum Gasteiger partial charge on any atom is -0.355 e. The van der Waals surface area contributed by atoms with E-state index in [0.29, 0.717) is 47.4 Å². The molecule has 1 unspecified atom stereocenters. The molecule has 12 heteroatoms. The van der Waals surface area contributed by atoms with Crippen LogP contribution in [-0.2, 0) is 11.0 Å². The van der Waals surface area contributed by atoms with Crippen molar-refractivity contribution in [1.29, 1.82) is 0 Å². The van der Waals surface area contributed by atoms with Crippen molar-refractivity contribution < 1.29 is 23.1 Å². The lowest BCUT2D eigenvalue weighted by Gasteiger charge is -2.47. The number of aromatic nitrogens is 1. The Labute approximate surface area is 231 Å². The molecule has 5 rings (SSSR count). The fraction of sp³-hybridized carbons (Fsp3) is 0.423. The van der Waals surface area contributed by atoms with E-state index in [-0.39, 0.29) is 28.4 Å². The van der Waals surface area contributed by atoms with Crippen molar-refractivity contribution in [2.45, 2.75) is 49.3 Å². The summed E-state index contributed by atoms with van der Waals surface area (Å²) in [6, 6.07) is 6.22. The van der Waals surface area contributed by atoms with Crippen molar-refractivity contribution in [3.8, 4) is 0 Å². The van der Waals surface area contributed by atoms with Gasteiger partial charge in [-0.2, -0.15) is 13.2 Å². The summed E-state index contributed by atoms with van der Waals surface area (Å²) in [5, 5.41) is 11.3. The third kappa shape index (κ3) is 4.71. The van der Waals surface area contributed by atoms with E-state index in [0.717, 1.165) is 11.8 Å². The Morgan fingerprint density at radius 3 is 2.55 bits per heavy atom. The fourth-order valence-corrected chi connectivity index (χ4v) is 7.64. The second kappa shape index (κ2) is 10.2. The van der Waals surface area contributed by atoms with E-state index in [1.165, 1.54) is 17.8 Å². The fourth-order valence-electron chi connectivity index (χ4n) is 5.53. The molecule has 1 saturated heterocycles. The summed E-state index contributed by atoms with van der Waals surface area (Å²) < 4.78 is 42.6. The molecule has 0 saturated carbocycles. The van der Waals surface area contributed by atoms with E-state index in [2.05, 4.69) is 32.5 Å². The standard InChI is InChI=1S/C26H27BrF3N5O2S/c1-4-20(36)35-14(2)10-33(11-15(35)3)24-17-9-18(26(28,29)30)21(27)23-22(17)34(25(37)32-24)12-16(13-38-23)19-7-5-6-8-31-19/h4-9,14-16,25,37H,1,10-13H2,2-3H3/t14-,15+,16-,25?/m0/s1. The summed E-state index contributed by atoms with van der Waals surface area (Å²) >= 11 is 4.56. The first kappa shape index (κ1) is 27.0. The van der Waals surface area contributed by atoms with Crippen LogP contribution in [0.15, 0.2) is 57.5 Å². The number of aliphatic hydroxyl groups is 1. The van der Waals surface area contributed by atoms with Crippen LogP contribution in [-0.4, -0.2) is 75.5 Å². The van der Waals surface area contributed by atoms with E-state index in [1.54, 1.807) is 16.0 Å². The van der Waals surface area contributed by atoms with Crippen LogP contribution in [0.4, 0.5) is 18.9 Å². The number of hydrogen-bond acceptors (Lipinski definition) is 7. The third-order valence-electron chi connectivity index (χ3n) is 7.14. The molecule has 1 aromatic heterocycles. The summed E-state index contributed by atoms with van der Waals surface area (Å²) in [5.41, 5.74) is 0.850. The van der Waals surface area contributed by atoms with Crippen LogP contribution < -0.4 is 4.90 Å². The van der Waals surface area contributed by atoms with Gasteiger partial charge in [0, 0.05) is 70.2 Å². The molecule has 38 heavy (non-hydrogen) atoms. The smallest absolute Gasteiger partial charge is 0.355 e. The lowest BCUT2D eigenvalue weighted by atomic mass is 9.99. The number of nitrogens with zero attached hydrogens (tertiary/aromatic N) is 5. The van der Waals surface area contributed by atoms with Crippen LogP contribution in [0, 0.1) is 0 Å². The van der Waals surface area contributed by atoms with Crippen molar-refractivity contribution in [3.63, 3.8) is 0 Å². The van der Waals surface area contributed by atoms with E-state index in [9.17, 15) is 23.1 Å². The highest BCUT2D eigenvalue weighted by molar-refractivity contribution is 9.10. The molecular formula is C26H27BrF3N5O2S. The Balaban J connectivity index is 1.61. The monoisotopic (exact) mass is 609 g/mol. The molecular weight excluding hydrogens is 583 g/mol. The van der Waals surface area contributed by atoms with Crippen LogP contribution in [0.3, 0.4) is 0 Å². The molecule has 1 fully saturated rings. The minimum atomic E-state index is -4.60. The summed E-state index contributed by atoms with van der Waals surface area (Å²) in [6.07, 6.45) is -2.94. The zero-order valence-corrected chi connectivity index (χ0v) is 23.2. The lowest BCUT2D eigenvalue weighted by Crippen LogP contribution is -2.60. The molecule has 2 aromatic rings. The lowest BCUT2D eigenvalue weighted by molar-refractivity contribution is -0.138. The quantitative estimate of drug-likeness (QED) is 0.498. The average Bonchev–Trinajstić information content (AvgIpc) is 3.08. The number of amidine groups is 1. The molecule has 0 spiro atoms. The highest BCUT2D eigenvalue weighted by Gasteiger charge is 2.43.